The van der Waals surface area contributed by atoms with E-state index in [4.69, 9.17) is 17.3 Å². The van der Waals surface area contributed by atoms with Crippen molar-refractivity contribution in [2.75, 3.05) is 24.8 Å². The molecule has 1 aromatic carbocycles. The molecule has 18 heavy (non-hydrogen) atoms. The van der Waals surface area contributed by atoms with Gasteiger partial charge in [0.1, 0.15) is 0 Å². The lowest BCUT2D eigenvalue weighted by Gasteiger charge is -2.21. The summed E-state index contributed by atoms with van der Waals surface area (Å²) < 4.78 is 0. The molecule has 0 aliphatic carbocycles. The van der Waals surface area contributed by atoms with Gasteiger partial charge in [-0.25, -0.2) is 0 Å². The number of nitrogens with zero attached hydrogens (tertiary/aromatic N) is 1. The van der Waals surface area contributed by atoms with E-state index >= 15 is 0 Å². The van der Waals surface area contributed by atoms with Gasteiger partial charge in [-0.05, 0) is 30.0 Å². The molecule has 1 amide bonds. The minimum Gasteiger partial charge on any atom is -0.399 e. The van der Waals surface area contributed by atoms with Crippen LogP contribution in [-0.4, -0.2) is 29.9 Å². The van der Waals surface area contributed by atoms with Crippen molar-refractivity contribution in [1.29, 1.82) is 0 Å². The van der Waals surface area contributed by atoms with Crippen LogP contribution in [-0.2, 0) is 11.3 Å². The van der Waals surface area contributed by atoms with Crippen molar-refractivity contribution in [2.45, 2.75) is 13.5 Å². The minimum absolute atomic E-state index is 0.0184. The predicted octanol–water partition coefficient (Wildman–Crippen LogP) is 2.88. The maximum atomic E-state index is 12.1. The van der Waals surface area contributed by atoms with Crippen molar-refractivity contribution < 1.29 is 4.79 Å². The van der Waals surface area contributed by atoms with Gasteiger partial charge in [0.15, 0.2) is 0 Å². The summed E-state index contributed by atoms with van der Waals surface area (Å²) in [5.74, 6) is 0.973. The molecule has 0 heterocycles. The Morgan fingerprint density at radius 1 is 1.56 bits per heavy atom. The largest absolute Gasteiger partial charge is 0.399 e. The second-order valence-corrected chi connectivity index (χ2v) is 5.72. The number of thioether (sulfide) groups is 1. The number of anilines is 1. The normalized spacial score (nSPS) is 12.2. The van der Waals surface area contributed by atoms with E-state index in [0.29, 0.717) is 17.3 Å². The number of carbonyl (C=O) groups is 1. The summed E-state index contributed by atoms with van der Waals surface area (Å²) >= 11 is 7.76. The standard InChI is InChI=1S/C13H19ClN2OS/c1-9(8-18-3)13(17)16(2)7-10-6-11(15)4-5-12(10)14/h4-6,9H,7-8,15H2,1-3H3. The molecule has 0 fully saturated rings. The Labute approximate surface area is 118 Å². The number of carbonyl (C=O) groups excluding carboxylic acids is 1. The average molecular weight is 287 g/mol. The molecule has 1 atom stereocenters. The van der Waals surface area contributed by atoms with Gasteiger partial charge in [0.05, 0.1) is 0 Å². The first kappa shape index (κ1) is 15.2. The summed E-state index contributed by atoms with van der Waals surface area (Å²) in [6.45, 7) is 2.43. The third-order valence-corrected chi connectivity index (χ3v) is 3.89. The smallest absolute Gasteiger partial charge is 0.226 e. The van der Waals surface area contributed by atoms with Crippen LogP contribution in [0.15, 0.2) is 18.2 Å². The maximum absolute atomic E-state index is 12.1. The zero-order valence-corrected chi connectivity index (χ0v) is 12.5. The second-order valence-electron chi connectivity index (χ2n) is 4.40. The molecule has 1 rings (SSSR count). The fourth-order valence-electron chi connectivity index (χ4n) is 1.75. The van der Waals surface area contributed by atoms with E-state index in [9.17, 15) is 4.79 Å². The van der Waals surface area contributed by atoms with Gasteiger partial charge in [-0.3, -0.25) is 4.79 Å². The Bertz CT molecular complexity index is 425. The highest BCUT2D eigenvalue weighted by molar-refractivity contribution is 7.98. The Balaban J connectivity index is 2.72. The van der Waals surface area contributed by atoms with Crippen LogP contribution < -0.4 is 5.73 Å². The van der Waals surface area contributed by atoms with Crippen molar-refractivity contribution >= 4 is 35.0 Å². The molecular weight excluding hydrogens is 268 g/mol. The number of amides is 1. The third-order valence-electron chi connectivity index (χ3n) is 2.69. The summed E-state index contributed by atoms with van der Waals surface area (Å²) in [4.78, 5) is 13.8. The van der Waals surface area contributed by atoms with Crippen LogP contribution in [0.2, 0.25) is 5.02 Å². The molecule has 100 valence electrons. The van der Waals surface area contributed by atoms with Gasteiger partial charge in [0, 0.05) is 36.0 Å². The summed E-state index contributed by atoms with van der Waals surface area (Å²) in [5.41, 5.74) is 7.26. The van der Waals surface area contributed by atoms with Crippen LogP contribution in [0, 0.1) is 5.92 Å². The number of nitrogens with two attached hydrogens (primary N) is 1. The third kappa shape index (κ3) is 4.10. The lowest BCUT2D eigenvalue weighted by atomic mass is 10.1. The molecule has 0 radical (unpaired) electrons. The van der Waals surface area contributed by atoms with E-state index in [1.165, 1.54) is 0 Å². The van der Waals surface area contributed by atoms with Gasteiger partial charge in [0.25, 0.3) is 0 Å². The molecule has 0 aromatic heterocycles. The molecule has 2 N–H and O–H groups in total. The molecule has 0 bridgehead atoms. The molecule has 1 aromatic rings. The number of halogens is 1. The first-order chi connectivity index (χ1) is 8.45. The van der Waals surface area contributed by atoms with Gasteiger partial charge in [-0.1, -0.05) is 18.5 Å². The fourth-order valence-corrected chi connectivity index (χ4v) is 2.57. The highest BCUT2D eigenvalue weighted by Gasteiger charge is 2.17. The molecular formula is C13H19ClN2OS. The van der Waals surface area contributed by atoms with E-state index < -0.39 is 0 Å². The molecule has 0 aliphatic rings. The molecule has 0 saturated heterocycles. The Morgan fingerprint density at radius 2 is 2.22 bits per heavy atom. The van der Waals surface area contributed by atoms with Crippen molar-refractivity contribution in [3.05, 3.63) is 28.8 Å². The number of rotatable bonds is 5. The SMILES string of the molecule is CSCC(C)C(=O)N(C)Cc1cc(N)ccc1Cl. The van der Waals surface area contributed by atoms with Gasteiger partial charge >= 0.3 is 0 Å². The average Bonchev–Trinajstić information content (AvgIpc) is 2.33. The lowest BCUT2D eigenvalue weighted by molar-refractivity contribution is -0.133. The van der Waals surface area contributed by atoms with Gasteiger partial charge < -0.3 is 10.6 Å². The van der Waals surface area contributed by atoms with E-state index in [-0.39, 0.29) is 11.8 Å². The number of hydrogen-bond acceptors (Lipinski definition) is 3. The highest BCUT2D eigenvalue weighted by atomic mass is 35.5. The van der Waals surface area contributed by atoms with E-state index in [2.05, 4.69) is 0 Å². The van der Waals surface area contributed by atoms with Crippen molar-refractivity contribution in [1.82, 2.24) is 4.90 Å². The first-order valence-electron chi connectivity index (χ1n) is 5.73. The number of hydrogen-bond donors (Lipinski definition) is 1. The van der Waals surface area contributed by atoms with Crippen LogP contribution in [0.3, 0.4) is 0 Å². The molecule has 3 nitrogen and oxygen atoms in total. The quantitative estimate of drug-likeness (QED) is 0.847. The summed E-state index contributed by atoms with van der Waals surface area (Å²) in [5, 5.41) is 0.640. The van der Waals surface area contributed by atoms with E-state index in [0.717, 1.165) is 11.3 Å². The Morgan fingerprint density at radius 3 is 2.83 bits per heavy atom. The first-order valence-corrected chi connectivity index (χ1v) is 7.50. The summed E-state index contributed by atoms with van der Waals surface area (Å²) in [6, 6.07) is 5.32. The van der Waals surface area contributed by atoms with Crippen LogP contribution in [0.4, 0.5) is 5.69 Å². The molecule has 0 spiro atoms. The van der Waals surface area contributed by atoms with Crippen molar-refractivity contribution in [2.24, 2.45) is 5.92 Å². The second kappa shape index (κ2) is 6.90. The Kier molecular flexibility index (Phi) is 5.82. The topological polar surface area (TPSA) is 46.3 Å². The molecule has 5 heteroatoms. The highest BCUT2D eigenvalue weighted by Crippen LogP contribution is 2.21. The van der Waals surface area contributed by atoms with Crippen molar-refractivity contribution in [3.63, 3.8) is 0 Å². The van der Waals surface area contributed by atoms with Gasteiger partial charge in [-0.2, -0.15) is 11.8 Å². The number of nitrogen functional groups attached to an aromatic ring is 1. The Hall–Kier alpha value is -0.870. The fraction of sp³-hybridized carbons (Fsp3) is 0.462. The maximum Gasteiger partial charge on any atom is 0.226 e. The van der Waals surface area contributed by atoms with Gasteiger partial charge in [-0.15, -0.1) is 0 Å². The van der Waals surface area contributed by atoms with Crippen molar-refractivity contribution in [3.8, 4) is 0 Å². The molecule has 0 aliphatic heterocycles. The lowest BCUT2D eigenvalue weighted by Crippen LogP contribution is -2.32. The summed E-state index contributed by atoms with van der Waals surface area (Å²) in [7, 11) is 1.79. The van der Waals surface area contributed by atoms with Crippen LogP contribution >= 0.6 is 23.4 Å². The monoisotopic (exact) mass is 286 g/mol. The molecule has 1 unspecified atom stereocenters. The zero-order chi connectivity index (χ0) is 13.7. The van der Waals surface area contributed by atoms with E-state index in [1.807, 2.05) is 19.2 Å². The number of benzene rings is 1. The van der Waals surface area contributed by atoms with Crippen LogP contribution in [0.5, 0.6) is 0 Å². The summed E-state index contributed by atoms with van der Waals surface area (Å²) in [6.07, 6.45) is 2.00. The minimum atomic E-state index is 0.0184. The van der Waals surface area contributed by atoms with Gasteiger partial charge in [0.2, 0.25) is 5.91 Å². The van der Waals surface area contributed by atoms with Crippen LogP contribution in [0.25, 0.3) is 0 Å². The van der Waals surface area contributed by atoms with E-state index in [1.54, 1.807) is 35.8 Å². The predicted molar refractivity (Wildman–Crippen MR) is 79.9 cm³/mol. The zero-order valence-electron chi connectivity index (χ0n) is 10.9. The molecule has 0 saturated carbocycles. The van der Waals surface area contributed by atoms with Crippen LogP contribution in [0.1, 0.15) is 12.5 Å².